The van der Waals surface area contributed by atoms with Crippen LogP contribution < -0.4 is 11.1 Å². The number of pyridine rings is 1. The van der Waals surface area contributed by atoms with Crippen LogP contribution in [-0.4, -0.2) is 41.6 Å². The maximum atomic E-state index is 6.11. The summed E-state index contributed by atoms with van der Waals surface area (Å²) in [5.41, 5.74) is 8.27. The topological polar surface area (TPSA) is 54.2 Å². The van der Waals surface area contributed by atoms with Crippen molar-refractivity contribution < 1.29 is 0 Å². The number of hydrogen-bond donors (Lipinski definition) is 2. The molecular weight excluding hydrogens is 260 g/mol. The van der Waals surface area contributed by atoms with Gasteiger partial charge in [-0.05, 0) is 64.4 Å². The van der Waals surface area contributed by atoms with Crippen LogP contribution in [-0.2, 0) is 6.42 Å². The van der Waals surface area contributed by atoms with Gasteiger partial charge in [0, 0.05) is 29.7 Å². The van der Waals surface area contributed by atoms with E-state index >= 15 is 0 Å². The van der Waals surface area contributed by atoms with Crippen LogP contribution in [0.4, 0.5) is 5.69 Å². The zero-order chi connectivity index (χ0) is 15.3. The Bertz CT molecular complexity index is 442. The first-order valence-corrected chi connectivity index (χ1v) is 8.22. The molecule has 4 nitrogen and oxygen atoms in total. The van der Waals surface area contributed by atoms with E-state index in [1.807, 2.05) is 12.3 Å². The molecule has 0 bridgehead atoms. The van der Waals surface area contributed by atoms with Gasteiger partial charge in [0.1, 0.15) is 0 Å². The number of nitrogens with two attached hydrogens (primary N) is 1. The Kier molecular flexibility index (Phi) is 5.59. The molecule has 118 valence electrons. The summed E-state index contributed by atoms with van der Waals surface area (Å²) in [4.78, 5) is 6.90. The van der Waals surface area contributed by atoms with Crippen LogP contribution in [0.3, 0.4) is 0 Å². The van der Waals surface area contributed by atoms with E-state index in [1.165, 1.54) is 32.4 Å². The Balaban J connectivity index is 2.18. The second-order valence-corrected chi connectivity index (χ2v) is 6.38. The fourth-order valence-electron chi connectivity index (χ4n) is 3.56. The van der Waals surface area contributed by atoms with Crippen LogP contribution in [0.15, 0.2) is 18.5 Å². The fraction of sp³-hybridized carbons (Fsp3) is 0.706. The minimum absolute atomic E-state index is 0.164. The number of nitrogens with one attached hydrogen (secondary N) is 1. The Labute approximate surface area is 129 Å². The van der Waals surface area contributed by atoms with Crippen molar-refractivity contribution in [3.63, 3.8) is 0 Å². The minimum atomic E-state index is 0.164. The summed E-state index contributed by atoms with van der Waals surface area (Å²) in [6, 6.07) is 2.28. The van der Waals surface area contributed by atoms with Crippen LogP contribution in [0, 0.1) is 0 Å². The van der Waals surface area contributed by atoms with Crippen LogP contribution >= 0.6 is 0 Å². The lowest BCUT2D eigenvalue weighted by Gasteiger charge is -2.48. The van der Waals surface area contributed by atoms with Gasteiger partial charge in [-0.3, -0.25) is 9.88 Å². The third-order valence-electron chi connectivity index (χ3n) is 5.26. The Morgan fingerprint density at radius 2 is 2.10 bits per heavy atom. The van der Waals surface area contributed by atoms with E-state index in [1.54, 1.807) is 6.20 Å². The van der Waals surface area contributed by atoms with Gasteiger partial charge in [-0.25, -0.2) is 0 Å². The lowest BCUT2D eigenvalue weighted by Crippen LogP contribution is -2.60. The second kappa shape index (κ2) is 7.23. The largest absolute Gasteiger partial charge is 0.398 e. The first-order chi connectivity index (χ1) is 10.1. The quantitative estimate of drug-likeness (QED) is 0.845. The molecule has 2 heterocycles. The van der Waals surface area contributed by atoms with Crippen LogP contribution in [0.1, 0.15) is 45.1 Å². The molecule has 0 saturated carbocycles. The number of nitrogens with zero attached hydrogens (tertiary/aromatic N) is 2. The molecule has 2 rings (SSSR count). The van der Waals surface area contributed by atoms with Crippen molar-refractivity contribution in [2.75, 3.05) is 25.9 Å². The number of likely N-dealkylation sites (N-methyl/N-ethyl adjacent to an activating group) is 1. The second-order valence-electron chi connectivity index (χ2n) is 6.38. The van der Waals surface area contributed by atoms with E-state index in [4.69, 9.17) is 5.73 Å². The number of likely N-dealkylation sites (tertiary alicyclic amines) is 1. The van der Waals surface area contributed by atoms with Gasteiger partial charge in [0.25, 0.3) is 0 Å². The van der Waals surface area contributed by atoms with E-state index in [0.717, 1.165) is 24.1 Å². The van der Waals surface area contributed by atoms with E-state index in [0.29, 0.717) is 6.04 Å². The highest BCUT2D eigenvalue weighted by Crippen LogP contribution is 2.29. The molecule has 2 atom stereocenters. The Morgan fingerprint density at radius 1 is 1.38 bits per heavy atom. The molecule has 21 heavy (non-hydrogen) atoms. The molecular formula is C17H30N4. The molecule has 1 aliphatic rings. The predicted octanol–water partition coefficient (Wildman–Crippen LogP) is 2.45. The Hall–Kier alpha value is -1.13. The predicted molar refractivity (Wildman–Crippen MR) is 89.3 cm³/mol. The maximum absolute atomic E-state index is 6.11. The van der Waals surface area contributed by atoms with Crippen molar-refractivity contribution in [1.29, 1.82) is 0 Å². The summed E-state index contributed by atoms with van der Waals surface area (Å²) < 4.78 is 0. The van der Waals surface area contributed by atoms with Gasteiger partial charge in [-0.2, -0.15) is 0 Å². The van der Waals surface area contributed by atoms with Crippen molar-refractivity contribution in [2.45, 2.75) is 57.5 Å². The van der Waals surface area contributed by atoms with E-state index in [9.17, 15) is 0 Å². The number of nitrogen functional groups attached to an aromatic ring is 1. The molecule has 2 unspecified atom stereocenters. The highest BCUT2D eigenvalue weighted by atomic mass is 15.2. The lowest BCUT2D eigenvalue weighted by molar-refractivity contribution is 0.0453. The first kappa shape index (κ1) is 16.2. The van der Waals surface area contributed by atoms with Crippen LogP contribution in [0.25, 0.3) is 0 Å². The minimum Gasteiger partial charge on any atom is -0.398 e. The number of piperidine rings is 1. The molecule has 0 amide bonds. The highest BCUT2D eigenvalue weighted by Gasteiger charge is 2.38. The van der Waals surface area contributed by atoms with Gasteiger partial charge in [-0.1, -0.05) is 13.3 Å². The molecule has 1 saturated heterocycles. The van der Waals surface area contributed by atoms with Crippen molar-refractivity contribution in [3.05, 3.63) is 24.0 Å². The number of hydrogen-bond acceptors (Lipinski definition) is 4. The molecule has 1 aromatic heterocycles. The van der Waals surface area contributed by atoms with Crippen molar-refractivity contribution in [3.8, 4) is 0 Å². The zero-order valence-corrected chi connectivity index (χ0v) is 13.7. The zero-order valence-electron chi connectivity index (χ0n) is 13.7. The average molecular weight is 290 g/mol. The SMILES string of the molecule is CCC(C)(C(Cc1cnccc1N)NC)N1CCCCC1. The monoisotopic (exact) mass is 290 g/mol. The number of aromatic nitrogens is 1. The van der Waals surface area contributed by atoms with Gasteiger partial charge >= 0.3 is 0 Å². The molecule has 0 aromatic carbocycles. The molecule has 0 spiro atoms. The van der Waals surface area contributed by atoms with Crippen molar-refractivity contribution in [2.24, 2.45) is 0 Å². The molecule has 1 aromatic rings. The highest BCUT2D eigenvalue weighted by molar-refractivity contribution is 5.44. The van der Waals surface area contributed by atoms with Crippen molar-refractivity contribution in [1.82, 2.24) is 15.2 Å². The molecule has 4 heteroatoms. The van der Waals surface area contributed by atoms with Crippen molar-refractivity contribution >= 4 is 5.69 Å². The molecule has 3 N–H and O–H groups in total. The summed E-state index contributed by atoms with van der Waals surface area (Å²) in [6.45, 7) is 7.12. The molecule has 0 radical (unpaired) electrons. The van der Waals surface area contributed by atoms with E-state index in [2.05, 4.69) is 36.1 Å². The average Bonchev–Trinajstić information content (AvgIpc) is 2.54. The van der Waals surface area contributed by atoms with E-state index < -0.39 is 0 Å². The normalized spacial score (nSPS) is 20.9. The van der Waals surface area contributed by atoms with Crippen LogP contribution in [0.2, 0.25) is 0 Å². The molecule has 1 fully saturated rings. The smallest absolute Gasteiger partial charge is 0.0378 e. The van der Waals surface area contributed by atoms with Gasteiger partial charge in [0.2, 0.25) is 0 Å². The standard InChI is InChI=1S/C17H30N4/c1-4-17(2,21-10-6-5-7-11-21)16(19-3)12-14-13-20-9-8-15(14)18/h8-9,13,16,19H,4-7,10-12H2,1-3H3,(H2,18,20). The maximum Gasteiger partial charge on any atom is 0.0378 e. The van der Waals surface area contributed by atoms with E-state index in [-0.39, 0.29) is 5.54 Å². The van der Waals surface area contributed by atoms with Gasteiger partial charge in [-0.15, -0.1) is 0 Å². The molecule has 1 aliphatic heterocycles. The third kappa shape index (κ3) is 3.55. The summed E-state index contributed by atoms with van der Waals surface area (Å²) in [5, 5.41) is 3.54. The third-order valence-corrected chi connectivity index (χ3v) is 5.26. The summed E-state index contributed by atoms with van der Waals surface area (Å²) in [7, 11) is 2.06. The summed E-state index contributed by atoms with van der Waals surface area (Å²) in [6.07, 6.45) is 9.75. The number of anilines is 1. The summed E-state index contributed by atoms with van der Waals surface area (Å²) >= 11 is 0. The number of rotatable bonds is 6. The Morgan fingerprint density at radius 3 is 2.67 bits per heavy atom. The summed E-state index contributed by atoms with van der Waals surface area (Å²) in [5.74, 6) is 0. The first-order valence-electron chi connectivity index (χ1n) is 8.22. The fourth-order valence-corrected chi connectivity index (χ4v) is 3.56. The lowest BCUT2D eigenvalue weighted by atomic mass is 9.82. The molecule has 0 aliphatic carbocycles. The van der Waals surface area contributed by atoms with Gasteiger partial charge in [0.15, 0.2) is 0 Å². The van der Waals surface area contributed by atoms with Gasteiger partial charge in [0.05, 0.1) is 0 Å². The van der Waals surface area contributed by atoms with Gasteiger partial charge < -0.3 is 11.1 Å². The van der Waals surface area contributed by atoms with Crippen LogP contribution in [0.5, 0.6) is 0 Å².